The molecule has 0 bridgehead atoms. The van der Waals surface area contributed by atoms with Crippen LogP contribution in [-0.2, 0) is 14.8 Å². The van der Waals surface area contributed by atoms with Gasteiger partial charge in [0.15, 0.2) is 0 Å². The Morgan fingerprint density at radius 2 is 1.85 bits per heavy atom. The van der Waals surface area contributed by atoms with Crippen LogP contribution in [-0.4, -0.2) is 39.4 Å². The third-order valence-electron chi connectivity index (χ3n) is 3.52. The summed E-state index contributed by atoms with van der Waals surface area (Å²) in [4.78, 5) is 13.4. The Bertz CT molecular complexity index is 877. The Morgan fingerprint density at radius 1 is 1.15 bits per heavy atom. The molecule has 1 amide bonds. The van der Waals surface area contributed by atoms with Crippen LogP contribution < -0.4 is 9.62 Å². The van der Waals surface area contributed by atoms with Crippen LogP contribution in [0.3, 0.4) is 0 Å². The molecule has 2 aromatic rings. The Labute approximate surface area is 174 Å². The van der Waals surface area contributed by atoms with Crippen LogP contribution in [0.1, 0.15) is 6.42 Å². The van der Waals surface area contributed by atoms with Gasteiger partial charge >= 0.3 is 0 Å². The summed E-state index contributed by atoms with van der Waals surface area (Å²) in [6, 6.07) is 14.4. The zero-order valence-corrected chi connectivity index (χ0v) is 17.8. The molecule has 0 aliphatic rings. The lowest BCUT2D eigenvalue weighted by Gasteiger charge is -2.23. The van der Waals surface area contributed by atoms with Gasteiger partial charge in [-0.05, 0) is 42.5 Å². The van der Waals surface area contributed by atoms with Crippen molar-refractivity contribution < 1.29 is 13.2 Å². The maximum absolute atomic E-state index is 12.2. The summed E-state index contributed by atoms with van der Waals surface area (Å²) < 4.78 is 25.1. The maximum atomic E-state index is 12.2. The molecule has 0 aliphatic heterocycles. The van der Waals surface area contributed by atoms with Gasteiger partial charge in [0.25, 0.3) is 0 Å². The molecular formula is C18H20Cl2N2O3S2. The second kappa shape index (κ2) is 10.2. The average Bonchev–Trinajstić information content (AvgIpc) is 2.60. The van der Waals surface area contributed by atoms with Crippen LogP contribution in [0.25, 0.3) is 0 Å². The van der Waals surface area contributed by atoms with Gasteiger partial charge in [0, 0.05) is 16.5 Å². The van der Waals surface area contributed by atoms with Crippen molar-refractivity contribution in [2.24, 2.45) is 0 Å². The molecular weight excluding hydrogens is 427 g/mol. The summed E-state index contributed by atoms with van der Waals surface area (Å²) in [7, 11) is -3.68. The van der Waals surface area contributed by atoms with Crippen molar-refractivity contribution in [3.05, 3.63) is 58.6 Å². The predicted octanol–water partition coefficient (Wildman–Crippen LogP) is 4.06. The lowest BCUT2D eigenvalue weighted by atomic mass is 10.3. The number of carbonyl (C=O) groups is 1. The normalized spacial score (nSPS) is 11.2. The first-order valence-electron chi connectivity index (χ1n) is 8.14. The van der Waals surface area contributed by atoms with Crippen LogP contribution in [0.15, 0.2) is 53.4 Å². The summed E-state index contributed by atoms with van der Waals surface area (Å²) in [5.74, 6) is 0.458. The van der Waals surface area contributed by atoms with E-state index in [9.17, 15) is 13.2 Å². The highest BCUT2D eigenvalue weighted by Crippen LogP contribution is 2.30. The third kappa shape index (κ3) is 7.25. The molecule has 2 rings (SSSR count). The second-order valence-corrected chi connectivity index (χ2v) is 9.65. The van der Waals surface area contributed by atoms with Crippen molar-refractivity contribution in [2.75, 3.05) is 29.4 Å². The molecule has 146 valence electrons. The van der Waals surface area contributed by atoms with Crippen molar-refractivity contribution in [2.45, 2.75) is 11.3 Å². The zero-order chi connectivity index (χ0) is 19.9. The van der Waals surface area contributed by atoms with E-state index in [4.69, 9.17) is 23.2 Å². The first-order chi connectivity index (χ1) is 12.8. The lowest BCUT2D eigenvalue weighted by molar-refractivity contribution is -0.119. The van der Waals surface area contributed by atoms with Crippen molar-refractivity contribution >= 4 is 56.6 Å². The van der Waals surface area contributed by atoms with Crippen molar-refractivity contribution in [1.82, 2.24) is 5.32 Å². The number of thioether (sulfide) groups is 1. The number of anilines is 1. The van der Waals surface area contributed by atoms with Gasteiger partial charge in [-0.15, -0.1) is 11.8 Å². The summed E-state index contributed by atoms with van der Waals surface area (Å²) in [5, 5.41) is 3.30. The number of nitrogens with one attached hydrogen (secondary N) is 1. The minimum Gasteiger partial charge on any atom is -0.354 e. The molecule has 1 N–H and O–H groups in total. The smallest absolute Gasteiger partial charge is 0.240 e. The van der Waals surface area contributed by atoms with Gasteiger partial charge in [-0.1, -0.05) is 41.4 Å². The molecule has 0 aliphatic carbocycles. The summed E-state index contributed by atoms with van der Waals surface area (Å²) >= 11 is 13.6. The summed E-state index contributed by atoms with van der Waals surface area (Å²) in [6.45, 7) is 0.122. The lowest BCUT2D eigenvalue weighted by Crippen LogP contribution is -2.40. The van der Waals surface area contributed by atoms with Crippen molar-refractivity contribution in [3.8, 4) is 0 Å². The largest absolute Gasteiger partial charge is 0.354 e. The fraction of sp³-hybridized carbons (Fsp3) is 0.278. The Balaban J connectivity index is 1.87. The highest BCUT2D eigenvalue weighted by atomic mass is 35.5. The van der Waals surface area contributed by atoms with Crippen LogP contribution in [0, 0.1) is 0 Å². The van der Waals surface area contributed by atoms with Gasteiger partial charge in [-0.2, -0.15) is 0 Å². The van der Waals surface area contributed by atoms with Crippen molar-refractivity contribution in [3.63, 3.8) is 0 Å². The van der Waals surface area contributed by atoms with Crippen LogP contribution in [0.5, 0.6) is 0 Å². The Morgan fingerprint density at radius 3 is 2.48 bits per heavy atom. The monoisotopic (exact) mass is 446 g/mol. The minimum absolute atomic E-state index is 0.167. The fourth-order valence-corrected chi connectivity index (χ4v) is 4.56. The van der Waals surface area contributed by atoms with Gasteiger partial charge in [0.05, 0.1) is 17.0 Å². The van der Waals surface area contributed by atoms with E-state index in [1.807, 2.05) is 30.3 Å². The first kappa shape index (κ1) is 21.9. The second-order valence-electron chi connectivity index (χ2n) is 5.73. The average molecular weight is 447 g/mol. The molecule has 0 unspecified atom stereocenters. The quantitative estimate of drug-likeness (QED) is 0.465. The first-order valence-corrected chi connectivity index (χ1v) is 11.7. The van der Waals surface area contributed by atoms with E-state index in [1.165, 1.54) is 23.1 Å². The molecule has 0 saturated heterocycles. The standard InChI is InChI=1S/C18H20Cl2N2O3S2/c1-27(24,25)22(17-9-8-14(19)12-16(17)20)13-18(23)21-10-5-11-26-15-6-3-2-4-7-15/h2-4,6-9,12H,5,10-11,13H2,1H3,(H,21,23). The number of nitrogens with zero attached hydrogens (tertiary/aromatic N) is 1. The Kier molecular flexibility index (Phi) is 8.28. The maximum Gasteiger partial charge on any atom is 0.240 e. The molecule has 5 nitrogen and oxygen atoms in total. The number of hydrogen-bond donors (Lipinski definition) is 1. The number of hydrogen-bond acceptors (Lipinski definition) is 4. The van der Waals surface area contributed by atoms with E-state index in [2.05, 4.69) is 5.32 Å². The molecule has 0 aromatic heterocycles. The van der Waals surface area contributed by atoms with Crippen LogP contribution in [0.2, 0.25) is 10.0 Å². The third-order valence-corrected chi connectivity index (χ3v) is 6.28. The molecule has 0 heterocycles. The molecule has 0 saturated carbocycles. The van der Waals surface area contributed by atoms with E-state index in [1.54, 1.807) is 11.8 Å². The summed E-state index contributed by atoms with van der Waals surface area (Å²) in [5.41, 5.74) is 0.221. The van der Waals surface area contributed by atoms with Crippen LogP contribution >= 0.6 is 35.0 Å². The highest BCUT2D eigenvalue weighted by molar-refractivity contribution is 7.99. The van der Waals surface area contributed by atoms with Gasteiger partial charge in [-0.3, -0.25) is 9.10 Å². The highest BCUT2D eigenvalue weighted by Gasteiger charge is 2.23. The van der Waals surface area contributed by atoms with E-state index < -0.39 is 15.9 Å². The topological polar surface area (TPSA) is 66.5 Å². The fourth-order valence-electron chi connectivity index (χ4n) is 2.26. The Hall–Kier alpha value is -1.41. The van der Waals surface area contributed by atoms with Crippen molar-refractivity contribution in [1.29, 1.82) is 0 Å². The zero-order valence-electron chi connectivity index (χ0n) is 14.7. The van der Waals surface area contributed by atoms with Gasteiger partial charge in [0.1, 0.15) is 6.54 Å². The summed E-state index contributed by atoms with van der Waals surface area (Å²) in [6.07, 6.45) is 1.80. The number of halogens is 2. The number of rotatable bonds is 9. The van der Waals surface area contributed by atoms with E-state index in [-0.39, 0.29) is 17.3 Å². The number of benzene rings is 2. The predicted molar refractivity (Wildman–Crippen MR) is 113 cm³/mol. The molecule has 0 spiro atoms. The molecule has 27 heavy (non-hydrogen) atoms. The number of amides is 1. The van der Waals surface area contributed by atoms with E-state index in [0.29, 0.717) is 11.6 Å². The van der Waals surface area contributed by atoms with Gasteiger partial charge < -0.3 is 5.32 Å². The van der Waals surface area contributed by atoms with Gasteiger partial charge in [-0.25, -0.2) is 8.42 Å². The molecule has 0 fully saturated rings. The van der Waals surface area contributed by atoms with Crippen LogP contribution in [0.4, 0.5) is 5.69 Å². The minimum atomic E-state index is -3.68. The number of carbonyl (C=O) groups excluding carboxylic acids is 1. The van der Waals surface area contributed by atoms with E-state index >= 15 is 0 Å². The SMILES string of the molecule is CS(=O)(=O)N(CC(=O)NCCCSc1ccccc1)c1ccc(Cl)cc1Cl. The molecule has 0 radical (unpaired) electrons. The molecule has 0 atom stereocenters. The van der Waals surface area contributed by atoms with Gasteiger partial charge in [0.2, 0.25) is 15.9 Å². The van der Waals surface area contributed by atoms with E-state index in [0.717, 1.165) is 22.7 Å². The molecule has 2 aromatic carbocycles. The molecule has 9 heteroatoms. The number of sulfonamides is 1.